The van der Waals surface area contributed by atoms with Crippen LogP contribution in [0.25, 0.3) is 0 Å². The normalized spacial score (nSPS) is 30.5. The molecule has 1 amide bonds. The first-order valence-corrected chi connectivity index (χ1v) is 3.51. The number of carboxylic acid groups (broad SMARTS) is 1. The summed E-state index contributed by atoms with van der Waals surface area (Å²) < 4.78 is 0. The molecule has 0 aromatic heterocycles. The van der Waals surface area contributed by atoms with Gasteiger partial charge in [0.25, 0.3) is 0 Å². The number of likely N-dealkylation sites (tertiary alicyclic amines) is 1. The first-order chi connectivity index (χ1) is 5.08. The number of hydrogen-bond donors (Lipinski definition) is 1. The molecule has 1 aliphatic heterocycles. The van der Waals surface area contributed by atoms with Crippen LogP contribution in [0.15, 0.2) is 0 Å². The van der Waals surface area contributed by atoms with Crippen LogP contribution in [-0.4, -0.2) is 35.5 Å². The topological polar surface area (TPSA) is 57.6 Å². The van der Waals surface area contributed by atoms with Crippen molar-refractivity contribution in [3.8, 4) is 0 Å². The Morgan fingerprint density at radius 3 is 2.64 bits per heavy atom. The van der Waals surface area contributed by atoms with Crippen LogP contribution in [0, 0.1) is 5.41 Å². The second kappa shape index (κ2) is 2.53. The molecular formula is C7H11NO3. The quantitative estimate of drug-likeness (QED) is 0.571. The zero-order valence-corrected chi connectivity index (χ0v) is 6.41. The lowest BCUT2D eigenvalue weighted by Gasteiger charge is -2.16. The summed E-state index contributed by atoms with van der Waals surface area (Å²) in [5, 5.41) is 8.74. The van der Waals surface area contributed by atoms with Crippen LogP contribution in [0.3, 0.4) is 0 Å². The molecule has 1 saturated heterocycles. The first-order valence-electron chi connectivity index (χ1n) is 3.51. The van der Waals surface area contributed by atoms with E-state index in [1.54, 1.807) is 6.92 Å². The van der Waals surface area contributed by atoms with E-state index in [1.807, 2.05) is 0 Å². The Morgan fingerprint density at radius 2 is 2.36 bits per heavy atom. The summed E-state index contributed by atoms with van der Waals surface area (Å²) >= 11 is 0. The summed E-state index contributed by atoms with van der Waals surface area (Å²) in [5.41, 5.74) is -0.721. The number of hydrogen-bond acceptors (Lipinski definition) is 2. The minimum Gasteiger partial charge on any atom is -0.481 e. The lowest BCUT2D eigenvalue weighted by Crippen LogP contribution is -2.31. The van der Waals surface area contributed by atoms with Crippen LogP contribution in [-0.2, 0) is 9.59 Å². The molecule has 1 heterocycles. The lowest BCUT2D eigenvalue weighted by atomic mass is 9.90. The van der Waals surface area contributed by atoms with E-state index in [0.29, 0.717) is 25.9 Å². The Hall–Kier alpha value is -1.06. The molecule has 0 spiro atoms. The molecule has 1 fully saturated rings. The number of carboxylic acids is 1. The molecule has 62 valence electrons. The molecule has 1 atom stereocenters. The summed E-state index contributed by atoms with van der Waals surface area (Å²) in [6.07, 6.45) is 1.26. The maximum atomic E-state index is 10.6. The van der Waals surface area contributed by atoms with Crippen molar-refractivity contribution in [1.29, 1.82) is 0 Å². The zero-order valence-electron chi connectivity index (χ0n) is 6.41. The molecular weight excluding hydrogens is 146 g/mol. The highest BCUT2D eigenvalue weighted by Crippen LogP contribution is 2.28. The van der Waals surface area contributed by atoms with Gasteiger partial charge in [-0.05, 0) is 13.3 Å². The number of amides is 1. The highest BCUT2D eigenvalue weighted by atomic mass is 16.4. The van der Waals surface area contributed by atoms with Crippen LogP contribution in [0.1, 0.15) is 13.3 Å². The molecule has 1 rings (SSSR count). The third-order valence-electron chi connectivity index (χ3n) is 2.17. The second-order valence-electron chi connectivity index (χ2n) is 3.19. The standard InChI is InChI=1S/C7H11NO3/c1-7(6(10)11)2-3-8(4-7)5-9/h5H,2-4H2,1H3,(H,10,11). The van der Waals surface area contributed by atoms with Crippen molar-refractivity contribution in [2.75, 3.05) is 13.1 Å². The molecule has 0 radical (unpaired) electrons. The van der Waals surface area contributed by atoms with Gasteiger partial charge in [0.05, 0.1) is 5.41 Å². The van der Waals surface area contributed by atoms with Gasteiger partial charge in [0.15, 0.2) is 0 Å². The minimum atomic E-state index is -0.818. The molecule has 0 aromatic carbocycles. The fraction of sp³-hybridized carbons (Fsp3) is 0.714. The van der Waals surface area contributed by atoms with E-state index >= 15 is 0 Å². The third-order valence-corrected chi connectivity index (χ3v) is 2.17. The van der Waals surface area contributed by atoms with Gasteiger partial charge in [-0.3, -0.25) is 9.59 Å². The van der Waals surface area contributed by atoms with Gasteiger partial charge in [-0.25, -0.2) is 0 Å². The maximum absolute atomic E-state index is 10.6. The molecule has 1 N–H and O–H groups in total. The number of nitrogens with zero attached hydrogens (tertiary/aromatic N) is 1. The van der Waals surface area contributed by atoms with Gasteiger partial charge in [0.1, 0.15) is 0 Å². The van der Waals surface area contributed by atoms with Crippen LogP contribution in [0.5, 0.6) is 0 Å². The Morgan fingerprint density at radius 1 is 1.73 bits per heavy atom. The Labute approximate surface area is 64.8 Å². The van der Waals surface area contributed by atoms with Crippen LogP contribution in [0.4, 0.5) is 0 Å². The summed E-state index contributed by atoms with van der Waals surface area (Å²) in [6, 6.07) is 0. The monoisotopic (exact) mass is 157 g/mol. The number of rotatable bonds is 2. The Kier molecular flexibility index (Phi) is 1.85. The summed E-state index contributed by atoms with van der Waals surface area (Å²) in [6.45, 7) is 2.57. The van der Waals surface area contributed by atoms with E-state index in [-0.39, 0.29) is 0 Å². The van der Waals surface area contributed by atoms with Gasteiger partial charge >= 0.3 is 5.97 Å². The van der Waals surface area contributed by atoms with E-state index in [1.165, 1.54) is 4.90 Å². The molecule has 4 heteroatoms. The van der Waals surface area contributed by atoms with Gasteiger partial charge in [0, 0.05) is 13.1 Å². The molecule has 1 unspecified atom stereocenters. The third kappa shape index (κ3) is 1.34. The highest BCUT2D eigenvalue weighted by molar-refractivity contribution is 5.75. The van der Waals surface area contributed by atoms with Gasteiger partial charge < -0.3 is 10.0 Å². The number of carbonyl (C=O) groups is 2. The average molecular weight is 157 g/mol. The minimum absolute atomic E-state index is 0.339. The molecule has 11 heavy (non-hydrogen) atoms. The van der Waals surface area contributed by atoms with Crippen LogP contribution in [0.2, 0.25) is 0 Å². The molecule has 1 aliphatic rings. The average Bonchev–Trinajstić information content (AvgIpc) is 2.33. The van der Waals surface area contributed by atoms with Gasteiger partial charge in [0.2, 0.25) is 6.41 Å². The van der Waals surface area contributed by atoms with Gasteiger partial charge in [-0.15, -0.1) is 0 Å². The Bertz CT molecular complexity index is 192. The first kappa shape index (κ1) is 8.04. The summed E-state index contributed by atoms with van der Waals surface area (Å²) in [7, 11) is 0. The van der Waals surface area contributed by atoms with Crippen LogP contribution >= 0.6 is 0 Å². The highest BCUT2D eigenvalue weighted by Gasteiger charge is 2.39. The smallest absolute Gasteiger partial charge is 0.311 e. The SMILES string of the molecule is CC1(C(=O)O)CCN(C=O)C1. The van der Waals surface area contributed by atoms with E-state index in [2.05, 4.69) is 0 Å². The van der Waals surface area contributed by atoms with E-state index in [9.17, 15) is 9.59 Å². The van der Waals surface area contributed by atoms with E-state index in [4.69, 9.17) is 5.11 Å². The van der Waals surface area contributed by atoms with E-state index < -0.39 is 11.4 Å². The zero-order chi connectivity index (χ0) is 8.48. The number of carbonyl (C=O) groups excluding carboxylic acids is 1. The molecule has 4 nitrogen and oxygen atoms in total. The second-order valence-corrected chi connectivity index (χ2v) is 3.19. The largest absolute Gasteiger partial charge is 0.481 e. The van der Waals surface area contributed by atoms with E-state index in [0.717, 1.165) is 0 Å². The van der Waals surface area contributed by atoms with Gasteiger partial charge in [-0.1, -0.05) is 0 Å². The van der Waals surface area contributed by atoms with Gasteiger partial charge in [-0.2, -0.15) is 0 Å². The maximum Gasteiger partial charge on any atom is 0.311 e. The molecule has 0 aromatic rings. The van der Waals surface area contributed by atoms with Crippen molar-refractivity contribution >= 4 is 12.4 Å². The van der Waals surface area contributed by atoms with Crippen molar-refractivity contribution in [1.82, 2.24) is 4.90 Å². The fourth-order valence-corrected chi connectivity index (χ4v) is 1.26. The Balaban J connectivity index is 2.64. The number of aliphatic carboxylic acids is 1. The van der Waals surface area contributed by atoms with Crippen molar-refractivity contribution < 1.29 is 14.7 Å². The van der Waals surface area contributed by atoms with Crippen molar-refractivity contribution in [3.63, 3.8) is 0 Å². The fourth-order valence-electron chi connectivity index (χ4n) is 1.26. The molecule has 0 aliphatic carbocycles. The van der Waals surface area contributed by atoms with Crippen molar-refractivity contribution in [2.24, 2.45) is 5.41 Å². The predicted molar refractivity (Wildman–Crippen MR) is 38.0 cm³/mol. The predicted octanol–water partition coefficient (Wildman–Crippen LogP) is -0.0606. The lowest BCUT2D eigenvalue weighted by molar-refractivity contribution is -0.147. The summed E-state index contributed by atoms with van der Waals surface area (Å²) in [4.78, 5) is 22.4. The van der Waals surface area contributed by atoms with Crippen LogP contribution < -0.4 is 0 Å². The van der Waals surface area contributed by atoms with Crippen molar-refractivity contribution in [3.05, 3.63) is 0 Å². The summed E-state index contributed by atoms with van der Waals surface area (Å²) in [5.74, 6) is -0.818. The van der Waals surface area contributed by atoms with Crippen molar-refractivity contribution in [2.45, 2.75) is 13.3 Å². The molecule has 0 saturated carbocycles. The molecule has 0 bridgehead atoms.